The first-order valence-electron chi connectivity index (χ1n) is 7.79. The molecule has 0 saturated carbocycles. The largest absolute Gasteiger partial charge is 0.493 e. The molecule has 0 atom stereocenters. The van der Waals surface area contributed by atoms with Gasteiger partial charge in [0.05, 0.1) is 19.7 Å². The highest BCUT2D eigenvalue weighted by Crippen LogP contribution is 2.35. The SMILES string of the molecule is COc1cc2nc(N3CCNCC3)nc(NC(C)=O)c2cc1OC. The van der Waals surface area contributed by atoms with Crippen molar-refractivity contribution < 1.29 is 14.3 Å². The average Bonchev–Trinajstić information content (AvgIpc) is 2.60. The maximum Gasteiger partial charge on any atom is 0.227 e. The van der Waals surface area contributed by atoms with E-state index in [1.807, 2.05) is 0 Å². The van der Waals surface area contributed by atoms with E-state index in [0.29, 0.717) is 34.2 Å². The Balaban J connectivity index is 2.15. The first kappa shape index (κ1) is 16.3. The average molecular weight is 331 g/mol. The topological polar surface area (TPSA) is 88.6 Å². The van der Waals surface area contributed by atoms with Gasteiger partial charge in [0.25, 0.3) is 0 Å². The Morgan fingerprint density at radius 3 is 2.46 bits per heavy atom. The number of rotatable bonds is 4. The van der Waals surface area contributed by atoms with Crippen molar-refractivity contribution in [1.29, 1.82) is 0 Å². The van der Waals surface area contributed by atoms with Gasteiger partial charge in [-0.25, -0.2) is 4.98 Å². The highest BCUT2D eigenvalue weighted by Gasteiger charge is 2.18. The van der Waals surface area contributed by atoms with Gasteiger partial charge in [-0.1, -0.05) is 0 Å². The van der Waals surface area contributed by atoms with E-state index in [1.54, 1.807) is 26.4 Å². The maximum atomic E-state index is 11.6. The van der Waals surface area contributed by atoms with Crippen molar-refractivity contribution >= 4 is 28.6 Å². The molecule has 0 bridgehead atoms. The molecule has 1 aromatic carbocycles. The summed E-state index contributed by atoms with van der Waals surface area (Å²) in [5.74, 6) is 2.04. The van der Waals surface area contributed by atoms with Crippen molar-refractivity contribution in [2.75, 3.05) is 50.6 Å². The van der Waals surface area contributed by atoms with Gasteiger partial charge in [0.1, 0.15) is 5.82 Å². The minimum atomic E-state index is -0.184. The number of aromatic nitrogens is 2. The molecule has 24 heavy (non-hydrogen) atoms. The molecular weight excluding hydrogens is 310 g/mol. The Morgan fingerprint density at radius 1 is 1.17 bits per heavy atom. The van der Waals surface area contributed by atoms with Crippen molar-refractivity contribution in [2.45, 2.75) is 6.92 Å². The van der Waals surface area contributed by atoms with Crippen LogP contribution in [0.1, 0.15) is 6.92 Å². The van der Waals surface area contributed by atoms with E-state index in [0.717, 1.165) is 26.2 Å². The van der Waals surface area contributed by atoms with Crippen molar-refractivity contribution in [3.8, 4) is 11.5 Å². The molecule has 1 aliphatic rings. The normalized spacial score (nSPS) is 14.5. The summed E-state index contributed by atoms with van der Waals surface area (Å²) in [6, 6.07) is 3.58. The van der Waals surface area contributed by atoms with Gasteiger partial charge >= 0.3 is 0 Å². The molecular formula is C16H21N5O3. The van der Waals surface area contributed by atoms with Gasteiger partial charge in [-0.2, -0.15) is 4.98 Å². The number of fused-ring (bicyclic) bond motifs is 1. The molecule has 1 aromatic heterocycles. The zero-order valence-corrected chi connectivity index (χ0v) is 14.0. The first-order chi connectivity index (χ1) is 11.6. The van der Waals surface area contributed by atoms with Crippen LogP contribution in [0.2, 0.25) is 0 Å². The summed E-state index contributed by atoms with van der Waals surface area (Å²) in [6.07, 6.45) is 0. The predicted molar refractivity (Wildman–Crippen MR) is 92.0 cm³/mol. The van der Waals surface area contributed by atoms with Gasteiger partial charge in [-0.3, -0.25) is 4.79 Å². The van der Waals surface area contributed by atoms with Gasteiger partial charge in [-0.05, 0) is 6.07 Å². The zero-order chi connectivity index (χ0) is 17.1. The molecule has 0 unspecified atom stereocenters. The summed E-state index contributed by atoms with van der Waals surface area (Å²) in [5.41, 5.74) is 0.694. The van der Waals surface area contributed by atoms with Crippen LogP contribution in [-0.4, -0.2) is 56.3 Å². The van der Waals surface area contributed by atoms with Crippen LogP contribution in [-0.2, 0) is 4.79 Å². The summed E-state index contributed by atoms with van der Waals surface area (Å²) in [6.45, 7) is 4.85. The third kappa shape index (κ3) is 3.18. The molecule has 0 radical (unpaired) electrons. The summed E-state index contributed by atoms with van der Waals surface area (Å²) < 4.78 is 10.7. The lowest BCUT2D eigenvalue weighted by atomic mass is 10.2. The quantitative estimate of drug-likeness (QED) is 0.864. The summed E-state index contributed by atoms with van der Waals surface area (Å²) in [7, 11) is 3.15. The number of piperazine rings is 1. The fourth-order valence-electron chi connectivity index (χ4n) is 2.71. The monoisotopic (exact) mass is 331 g/mol. The van der Waals surface area contributed by atoms with Crippen LogP contribution in [0.5, 0.6) is 11.5 Å². The summed E-state index contributed by atoms with van der Waals surface area (Å²) in [4.78, 5) is 22.9. The lowest BCUT2D eigenvalue weighted by molar-refractivity contribution is -0.114. The molecule has 2 aromatic rings. The maximum absolute atomic E-state index is 11.6. The standard InChI is InChI=1S/C16H21N5O3/c1-10(22)18-15-11-8-13(23-2)14(24-3)9-12(11)19-16(20-15)21-6-4-17-5-7-21/h8-9,17H,4-7H2,1-3H3,(H,18,19,20,22). The molecule has 3 rings (SSSR count). The van der Waals surface area contributed by atoms with Crippen molar-refractivity contribution in [2.24, 2.45) is 0 Å². The van der Waals surface area contributed by atoms with Crippen molar-refractivity contribution in [1.82, 2.24) is 15.3 Å². The minimum Gasteiger partial charge on any atom is -0.493 e. The number of hydrogen-bond donors (Lipinski definition) is 2. The summed E-state index contributed by atoms with van der Waals surface area (Å²) in [5, 5.41) is 6.80. The number of ether oxygens (including phenoxy) is 2. The van der Waals surface area contributed by atoms with E-state index >= 15 is 0 Å². The lowest BCUT2D eigenvalue weighted by Crippen LogP contribution is -2.44. The Bertz CT molecular complexity index is 759. The van der Waals surface area contributed by atoms with Crippen molar-refractivity contribution in [3.05, 3.63) is 12.1 Å². The molecule has 1 saturated heterocycles. The van der Waals surface area contributed by atoms with E-state index in [4.69, 9.17) is 9.47 Å². The molecule has 1 amide bonds. The fraction of sp³-hybridized carbons (Fsp3) is 0.438. The van der Waals surface area contributed by atoms with Gasteiger partial charge < -0.3 is 25.0 Å². The highest BCUT2D eigenvalue weighted by molar-refractivity contribution is 6.00. The highest BCUT2D eigenvalue weighted by atomic mass is 16.5. The van der Waals surface area contributed by atoms with Crippen LogP contribution in [0, 0.1) is 0 Å². The Hall–Kier alpha value is -2.61. The van der Waals surface area contributed by atoms with Crippen LogP contribution in [0.4, 0.5) is 11.8 Å². The van der Waals surface area contributed by atoms with Crippen LogP contribution < -0.4 is 25.0 Å². The number of hydrogen-bond acceptors (Lipinski definition) is 7. The predicted octanol–water partition coefficient (Wildman–Crippen LogP) is 1.01. The Morgan fingerprint density at radius 2 is 1.83 bits per heavy atom. The second-order valence-electron chi connectivity index (χ2n) is 5.51. The van der Waals surface area contributed by atoms with Gasteiger partial charge in [0.15, 0.2) is 11.5 Å². The number of amides is 1. The molecule has 0 spiro atoms. The number of nitrogens with zero attached hydrogens (tertiary/aromatic N) is 3. The van der Waals surface area contributed by atoms with E-state index in [-0.39, 0.29) is 5.91 Å². The van der Waals surface area contributed by atoms with E-state index in [2.05, 4.69) is 25.5 Å². The molecule has 1 fully saturated rings. The molecule has 128 valence electrons. The van der Waals surface area contributed by atoms with Crippen LogP contribution in [0.15, 0.2) is 12.1 Å². The molecule has 8 heteroatoms. The molecule has 8 nitrogen and oxygen atoms in total. The van der Waals surface area contributed by atoms with Gasteiger partial charge in [0.2, 0.25) is 11.9 Å². The second-order valence-corrected chi connectivity index (χ2v) is 5.51. The number of carbonyl (C=O) groups excluding carboxylic acids is 1. The minimum absolute atomic E-state index is 0.184. The Labute approximate surface area is 140 Å². The second kappa shape index (κ2) is 6.88. The number of anilines is 2. The summed E-state index contributed by atoms with van der Waals surface area (Å²) >= 11 is 0. The zero-order valence-electron chi connectivity index (χ0n) is 14.0. The number of nitrogens with one attached hydrogen (secondary N) is 2. The third-order valence-corrected chi connectivity index (χ3v) is 3.88. The molecule has 2 N–H and O–H groups in total. The first-order valence-corrected chi connectivity index (χ1v) is 7.79. The van der Waals surface area contributed by atoms with E-state index in [1.165, 1.54) is 6.92 Å². The third-order valence-electron chi connectivity index (χ3n) is 3.88. The van der Waals surface area contributed by atoms with Gasteiger partial charge in [0, 0.05) is 44.6 Å². The fourth-order valence-corrected chi connectivity index (χ4v) is 2.71. The van der Waals surface area contributed by atoms with Crippen molar-refractivity contribution in [3.63, 3.8) is 0 Å². The number of methoxy groups -OCH3 is 2. The van der Waals surface area contributed by atoms with Crippen LogP contribution >= 0.6 is 0 Å². The lowest BCUT2D eigenvalue weighted by Gasteiger charge is -2.28. The molecule has 1 aliphatic heterocycles. The van der Waals surface area contributed by atoms with E-state index < -0.39 is 0 Å². The van der Waals surface area contributed by atoms with E-state index in [9.17, 15) is 4.79 Å². The molecule has 0 aliphatic carbocycles. The molecule has 2 heterocycles. The number of carbonyl (C=O) groups is 1. The Kier molecular flexibility index (Phi) is 4.66. The van der Waals surface area contributed by atoms with Crippen LogP contribution in [0.25, 0.3) is 10.9 Å². The number of benzene rings is 1. The van der Waals surface area contributed by atoms with Crippen LogP contribution in [0.3, 0.4) is 0 Å². The smallest absolute Gasteiger partial charge is 0.227 e. The van der Waals surface area contributed by atoms with Gasteiger partial charge in [-0.15, -0.1) is 0 Å².